The fraction of sp³-hybridized carbons (Fsp3) is 0.615. The highest BCUT2D eigenvalue weighted by molar-refractivity contribution is 6.30. The van der Waals surface area contributed by atoms with Crippen LogP contribution in [0.4, 0.5) is 0 Å². The Morgan fingerprint density at radius 1 is 1.47 bits per heavy atom. The SMILES string of the molecule is CN(Cc1ccc(Cl)cn1)CC1CCCC1O. The molecule has 1 N–H and O–H groups in total. The zero-order chi connectivity index (χ0) is 12.3. The Morgan fingerprint density at radius 2 is 2.29 bits per heavy atom. The maximum Gasteiger partial charge on any atom is 0.0589 e. The van der Waals surface area contributed by atoms with Crippen molar-refractivity contribution in [2.75, 3.05) is 13.6 Å². The lowest BCUT2D eigenvalue weighted by atomic mass is 10.1. The standard InChI is InChI=1S/C13H19ClN2O/c1-16(8-10-3-2-4-13(10)17)9-12-6-5-11(14)7-15-12/h5-7,10,13,17H,2-4,8-9H2,1H3. The molecule has 1 aliphatic rings. The molecule has 0 aliphatic heterocycles. The number of hydrogen-bond donors (Lipinski definition) is 1. The van der Waals surface area contributed by atoms with Gasteiger partial charge in [-0.2, -0.15) is 0 Å². The second kappa shape index (κ2) is 5.80. The van der Waals surface area contributed by atoms with Crippen molar-refractivity contribution in [1.82, 2.24) is 9.88 Å². The van der Waals surface area contributed by atoms with Crippen molar-refractivity contribution in [2.45, 2.75) is 31.9 Å². The van der Waals surface area contributed by atoms with Crippen LogP contribution in [0.1, 0.15) is 25.0 Å². The molecule has 0 amide bonds. The smallest absolute Gasteiger partial charge is 0.0589 e. The van der Waals surface area contributed by atoms with Gasteiger partial charge in [0, 0.05) is 19.3 Å². The number of aliphatic hydroxyl groups excluding tert-OH is 1. The molecular formula is C13H19ClN2O. The lowest BCUT2D eigenvalue weighted by molar-refractivity contribution is 0.107. The van der Waals surface area contributed by atoms with Crippen molar-refractivity contribution >= 4 is 11.6 Å². The fourth-order valence-electron chi connectivity index (χ4n) is 2.47. The van der Waals surface area contributed by atoms with Crippen molar-refractivity contribution < 1.29 is 5.11 Å². The Labute approximate surface area is 107 Å². The summed E-state index contributed by atoms with van der Waals surface area (Å²) in [7, 11) is 2.07. The van der Waals surface area contributed by atoms with Gasteiger partial charge in [0.15, 0.2) is 0 Å². The number of aliphatic hydroxyl groups is 1. The molecule has 1 aromatic rings. The van der Waals surface area contributed by atoms with Crippen LogP contribution in [-0.4, -0.2) is 34.7 Å². The molecule has 0 radical (unpaired) electrons. The monoisotopic (exact) mass is 254 g/mol. The van der Waals surface area contributed by atoms with Gasteiger partial charge >= 0.3 is 0 Å². The first kappa shape index (κ1) is 12.8. The molecule has 1 aliphatic carbocycles. The van der Waals surface area contributed by atoms with E-state index in [0.717, 1.165) is 38.0 Å². The molecule has 0 spiro atoms. The zero-order valence-electron chi connectivity index (χ0n) is 10.1. The molecule has 1 saturated carbocycles. The van der Waals surface area contributed by atoms with Crippen molar-refractivity contribution in [3.05, 3.63) is 29.0 Å². The summed E-state index contributed by atoms with van der Waals surface area (Å²) in [5.41, 5.74) is 1.02. The fourth-order valence-corrected chi connectivity index (χ4v) is 2.58. The molecule has 2 rings (SSSR count). The molecule has 0 saturated heterocycles. The number of rotatable bonds is 4. The zero-order valence-corrected chi connectivity index (χ0v) is 10.9. The third-order valence-electron chi connectivity index (χ3n) is 3.39. The molecule has 2 atom stereocenters. The summed E-state index contributed by atoms with van der Waals surface area (Å²) in [5.74, 6) is 0.423. The van der Waals surface area contributed by atoms with Crippen LogP contribution in [0.2, 0.25) is 5.02 Å². The largest absolute Gasteiger partial charge is 0.393 e. The van der Waals surface area contributed by atoms with Gasteiger partial charge in [0.25, 0.3) is 0 Å². The number of aromatic nitrogens is 1. The van der Waals surface area contributed by atoms with Gasteiger partial charge in [0.1, 0.15) is 0 Å². The molecule has 2 unspecified atom stereocenters. The minimum absolute atomic E-state index is 0.115. The van der Waals surface area contributed by atoms with E-state index >= 15 is 0 Å². The summed E-state index contributed by atoms with van der Waals surface area (Å²) in [5, 5.41) is 10.4. The topological polar surface area (TPSA) is 36.4 Å². The molecular weight excluding hydrogens is 236 g/mol. The molecule has 0 bridgehead atoms. The maximum atomic E-state index is 9.78. The van der Waals surface area contributed by atoms with E-state index < -0.39 is 0 Å². The normalized spacial score (nSPS) is 24.5. The molecule has 94 valence electrons. The van der Waals surface area contributed by atoms with Gasteiger partial charge in [-0.05, 0) is 37.9 Å². The van der Waals surface area contributed by atoms with Crippen LogP contribution in [-0.2, 0) is 6.54 Å². The summed E-state index contributed by atoms with van der Waals surface area (Å²) >= 11 is 5.80. The van der Waals surface area contributed by atoms with Crippen LogP contribution >= 0.6 is 11.6 Å². The van der Waals surface area contributed by atoms with Gasteiger partial charge in [-0.3, -0.25) is 4.98 Å². The summed E-state index contributed by atoms with van der Waals surface area (Å²) in [6, 6.07) is 3.81. The van der Waals surface area contributed by atoms with Gasteiger partial charge in [0.2, 0.25) is 0 Å². The van der Waals surface area contributed by atoms with E-state index in [1.54, 1.807) is 6.20 Å². The Morgan fingerprint density at radius 3 is 2.88 bits per heavy atom. The van der Waals surface area contributed by atoms with Crippen LogP contribution in [0.25, 0.3) is 0 Å². The van der Waals surface area contributed by atoms with E-state index in [1.807, 2.05) is 12.1 Å². The first-order valence-electron chi connectivity index (χ1n) is 6.12. The molecule has 4 heteroatoms. The lowest BCUT2D eigenvalue weighted by Gasteiger charge is -2.22. The van der Waals surface area contributed by atoms with E-state index in [0.29, 0.717) is 10.9 Å². The predicted octanol–water partition coefficient (Wildman–Crippen LogP) is 2.33. The minimum atomic E-state index is -0.115. The number of pyridine rings is 1. The number of halogens is 1. The third kappa shape index (κ3) is 3.66. The van der Waals surface area contributed by atoms with Gasteiger partial charge in [-0.15, -0.1) is 0 Å². The molecule has 3 nitrogen and oxygen atoms in total. The van der Waals surface area contributed by atoms with Crippen LogP contribution in [0.3, 0.4) is 0 Å². The summed E-state index contributed by atoms with van der Waals surface area (Å²) < 4.78 is 0. The third-order valence-corrected chi connectivity index (χ3v) is 3.61. The van der Waals surface area contributed by atoms with Crippen molar-refractivity contribution in [2.24, 2.45) is 5.92 Å². The quantitative estimate of drug-likeness (QED) is 0.896. The van der Waals surface area contributed by atoms with Crippen LogP contribution < -0.4 is 0 Å². The van der Waals surface area contributed by atoms with Gasteiger partial charge in [-0.25, -0.2) is 0 Å². The average molecular weight is 255 g/mol. The van der Waals surface area contributed by atoms with Gasteiger partial charge in [-0.1, -0.05) is 18.0 Å². The number of hydrogen-bond acceptors (Lipinski definition) is 3. The molecule has 0 aromatic carbocycles. The lowest BCUT2D eigenvalue weighted by Crippen LogP contribution is -2.29. The Hall–Kier alpha value is -0.640. The Kier molecular flexibility index (Phi) is 4.37. The maximum absolute atomic E-state index is 9.78. The van der Waals surface area contributed by atoms with E-state index in [2.05, 4.69) is 16.9 Å². The summed E-state index contributed by atoms with van der Waals surface area (Å²) in [4.78, 5) is 6.49. The van der Waals surface area contributed by atoms with Crippen LogP contribution in [0.5, 0.6) is 0 Å². The van der Waals surface area contributed by atoms with E-state index in [1.165, 1.54) is 0 Å². The van der Waals surface area contributed by atoms with Gasteiger partial charge < -0.3 is 10.0 Å². The van der Waals surface area contributed by atoms with Crippen molar-refractivity contribution in [3.63, 3.8) is 0 Å². The minimum Gasteiger partial charge on any atom is -0.393 e. The van der Waals surface area contributed by atoms with Crippen molar-refractivity contribution in [1.29, 1.82) is 0 Å². The van der Waals surface area contributed by atoms with E-state index in [-0.39, 0.29) is 6.10 Å². The molecule has 17 heavy (non-hydrogen) atoms. The first-order valence-corrected chi connectivity index (χ1v) is 6.50. The summed E-state index contributed by atoms with van der Waals surface area (Å²) in [6.07, 6.45) is 4.81. The van der Waals surface area contributed by atoms with Gasteiger partial charge in [0.05, 0.1) is 16.8 Å². The number of nitrogens with zero attached hydrogens (tertiary/aromatic N) is 2. The molecule has 1 fully saturated rings. The Balaban J connectivity index is 1.84. The Bertz CT molecular complexity index is 355. The first-order chi connectivity index (χ1) is 8.15. The highest BCUT2D eigenvalue weighted by Crippen LogP contribution is 2.26. The van der Waals surface area contributed by atoms with E-state index in [9.17, 15) is 5.11 Å². The average Bonchev–Trinajstić information content (AvgIpc) is 2.68. The second-order valence-electron chi connectivity index (χ2n) is 4.92. The highest BCUT2D eigenvalue weighted by atomic mass is 35.5. The highest BCUT2D eigenvalue weighted by Gasteiger charge is 2.26. The predicted molar refractivity (Wildman–Crippen MR) is 68.9 cm³/mol. The van der Waals surface area contributed by atoms with Crippen LogP contribution in [0.15, 0.2) is 18.3 Å². The molecule has 1 aromatic heterocycles. The second-order valence-corrected chi connectivity index (χ2v) is 5.36. The van der Waals surface area contributed by atoms with Crippen molar-refractivity contribution in [3.8, 4) is 0 Å². The summed E-state index contributed by atoms with van der Waals surface area (Å²) in [6.45, 7) is 1.74. The van der Waals surface area contributed by atoms with E-state index in [4.69, 9.17) is 11.6 Å². The molecule has 1 heterocycles. The van der Waals surface area contributed by atoms with Crippen LogP contribution in [0, 0.1) is 5.92 Å².